The first-order chi connectivity index (χ1) is 10.7. The van der Waals surface area contributed by atoms with Crippen molar-refractivity contribution in [1.82, 2.24) is 15.6 Å². The molecule has 0 saturated heterocycles. The molecule has 2 N–H and O–H groups in total. The minimum Gasteiger partial charge on any atom is -0.481 e. The summed E-state index contributed by atoms with van der Waals surface area (Å²) in [5.74, 6) is 1.31. The van der Waals surface area contributed by atoms with Gasteiger partial charge >= 0.3 is 0 Å². The molecule has 0 spiro atoms. The number of halogens is 2. The van der Waals surface area contributed by atoms with Gasteiger partial charge in [-0.25, -0.2) is 4.98 Å². The number of guanidine groups is 1. The van der Waals surface area contributed by atoms with Crippen LogP contribution < -0.4 is 15.4 Å². The first-order valence-corrected chi connectivity index (χ1v) is 7.27. The lowest BCUT2D eigenvalue weighted by Gasteiger charge is -2.13. The summed E-state index contributed by atoms with van der Waals surface area (Å²) in [6, 6.07) is 11.6. The number of aliphatic imine (C=N–C) groups is 1. The van der Waals surface area contributed by atoms with E-state index in [0.29, 0.717) is 24.9 Å². The molecule has 0 radical (unpaired) electrons. The molecule has 0 aliphatic heterocycles. The van der Waals surface area contributed by atoms with E-state index in [4.69, 9.17) is 16.3 Å². The van der Waals surface area contributed by atoms with Gasteiger partial charge in [0.1, 0.15) is 0 Å². The minimum absolute atomic E-state index is 0. The van der Waals surface area contributed by atoms with Crippen LogP contribution >= 0.6 is 35.6 Å². The van der Waals surface area contributed by atoms with Gasteiger partial charge in [-0.1, -0.05) is 29.8 Å². The Kier molecular flexibility index (Phi) is 8.71. The predicted octanol–water partition coefficient (Wildman–Crippen LogP) is 3.23. The molecule has 7 heteroatoms. The van der Waals surface area contributed by atoms with Crippen molar-refractivity contribution in [3.8, 4) is 5.88 Å². The van der Waals surface area contributed by atoms with Gasteiger partial charge in [0.2, 0.25) is 5.88 Å². The quantitative estimate of drug-likeness (QED) is 0.421. The second kappa shape index (κ2) is 10.3. The van der Waals surface area contributed by atoms with E-state index in [9.17, 15) is 0 Å². The van der Waals surface area contributed by atoms with Crippen molar-refractivity contribution in [3.05, 3.63) is 58.7 Å². The van der Waals surface area contributed by atoms with Crippen LogP contribution in [-0.4, -0.2) is 25.1 Å². The average Bonchev–Trinajstić information content (AvgIpc) is 2.55. The Labute approximate surface area is 158 Å². The molecule has 23 heavy (non-hydrogen) atoms. The number of ether oxygens (including phenoxy) is 1. The molecule has 2 rings (SSSR count). The largest absolute Gasteiger partial charge is 0.481 e. The zero-order valence-electron chi connectivity index (χ0n) is 13.0. The van der Waals surface area contributed by atoms with Gasteiger partial charge in [-0.05, 0) is 23.8 Å². The van der Waals surface area contributed by atoms with E-state index >= 15 is 0 Å². The van der Waals surface area contributed by atoms with E-state index in [1.165, 1.54) is 0 Å². The molecule has 124 valence electrons. The molecule has 0 fully saturated rings. The second-order valence-electron chi connectivity index (χ2n) is 4.58. The van der Waals surface area contributed by atoms with Crippen molar-refractivity contribution in [2.45, 2.75) is 13.1 Å². The molecule has 5 nitrogen and oxygen atoms in total. The molecule has 1 aromatic carbocycles. The SMILES string of the molecule is CN=C(NCc1cccc(Cl)c1)NCc1cccnc1OC.I. The van der Waals surface area contributed by atoms with Crippen molar-refractivity contribution in [2.75, 3.05) is 14.2 Å². The Bertz CT molecular complexity index is 651. The monoisotopic (exact) mass is 446 g/mol. The molecule has 0 aliphatic rings. The Morgan fingerprint density at radius 3 is 2.70 bits per heavy atom. The standard InChI is InChI=1S/C16H19ClN4O.HI/c1-18-16(20-10-12-5-3-7-14(17)9-12)21-11-13-6-4-8-19-15(13)22-2;/h3-9H,10-11H2,1-2H3,(H2,18,20,21);1H. The van der Waals surface area contributed by atoms with Crippen LogP contribution in [0.4, 0.5) is 0 Å². The Morgan fingerprint density at radius 1 is 1.22 bits per heavy atom. The summed E-state index contributed by atoms with van der Waals surface area (Å²) < 4.78 is 5.23. The van der Waals surface area contributed by atoms with Crippen LogP contribution in [0.25, 0.3) is 0 Å². The first-order valence-electron chi connectivity index (χ1n) is 6.89. The van der Waals surface area contributed by atoms with Crippen LogP contribution in [0.15, 0.2) is 47.6 Å². The van der Waals surface area contributed by atoms with Crippen LogP contribution in [0.3, 0.4) is 0 Å². The number of hydrogen-bond acceptors (Lipinski definition) is 3. The summed E-state index contributed by atoms with van der Waals surface area (Å²) >= 11 is 5.97. The van der Waals surface area contributed by atoms with Crippen molar-refractivity contribution in [1.29, 1.82) is 0 Å². The highest BCUT2D eigenvalue weighted by Gasteiger charge is 2.04. The fraction of sp³-hybridized carbons (Fsp3) is 0.250. The molecule has 2 aromatic rings. The van der Waals surface area contributed by atoms with Gasteiger partial charge in [-0.3, -0.25) is 4.99 Å². The number of aromatic nitrogens is 1. The third-order valence-electron chi connectivity index (χ3n) is 3.06. The molecule has 0 unspecified atom stereocenters. The highest BCUT2D eigenvalue weighted by atomic mass is 127. The smallest absolute Gasteiger partial charge is 0.218 e. The van der Waals surface area contributed by atoms with Gasteiger partial charge in [-0.15, -0.1) is 24.0 Å². The zero-order chi connectivity index (χ0) is 15.8. The number of pyridine rings is 1. The number of hydrogen-bond donors (Lipinski definition) is 2. The van der Waals surface area contributed by atoms with E-state index in [1.54, 1.807) is 20.4 Å². The average molecular weight is 447 g/mol. The van der Waals surface area contributed by atoms with Crippen LogP contribution in [0.1, 0.15) is 11.1 Å². The minimum atomic E-state index is 0. The maximum atomic E-state index is 5.97. The molecular formula is C16H20ClIN4O. The van der Waals surface area contributed by atoms with Crippen molar-refractivity contribution in [2.24, 2.45) is 4.99 Å². The molecule has 0 amide bonds. The second-order valence-corrected chi connectivity index (χ2v) is 5.02. The lowest BCUT2D eigenvalue weighted by atomic mass is 10.2. The number of benzene rings is 1. The fourth-order valence-corrected chi connectivity index (χ4v) is 2.19. The van der Waals surface area contributed by atoms with Crippen molar-refractivity contribution in [3.63, 3.8) is 0 Å². The summed E-state index contributed by atoms with van der Waals surface area (Å²) in [7, 11) is 3.34. The van der Waals surface area contributed by atoms with Gasteiger partial charge in [0, 0.05) is 36.9 Å². The fourth-order valence-electron chi connectivity index (χ4n) is 1.97. The molecular weight excluding hydrogens is 427 g/mol. The molecule has 0 aliphatic carbocycles. The van der Waals surface area contributed by atoms with Crippen molar-refractivity contribution >= 4 is 41.5 Å². The number of nitrogens with zero attached hydrogens (tertiary/aromatic N) is 2. The maximum absolute atomic E-state index is 5.97. The normalized spacial score (nSPS) is 10.7. The van der Waals surface area contributed by atoms with E-state index in [0.717, 1.165) is 16.1 Å². The molecule has 0 atom stereocenters. The molecule has 1 heterocycles. The number of nitrogens with one attached hydrogen (secondary N) is 2. The van der Waals surface area contributed by atoms with Gasteiger partial charge < -0.3 is 15.4 Å². The van der Waals surface area contributed by atoms with Crippen LogP contribution in [0.5, 0.6) is 5.88 Å². The van der Waals surface area contributed by atoms with Gasteiger partial charge in [0.15, 0.2) is 5.96 Å². The van der Waals surface area contributed by atoms with Crippen molar-refractivity contribution < 1.29 is 4.74 Å². The Morgan fingerprint density at radius 2 is 2.00 bits per heavy atom. The third kappa shape index (κ3) is 6.23. The van der Waals surface area contributed by atoms with Gasteiger partial charge in [0.25, 0.3) is 0 Å². The summed E-state index contributed by atoms with van der Waals surface area (Å²) in [5, 5.41) is 7.20. The molecule has 0 bridgehead atoms. The highest BCUT2D eigenvalue weighted by Crippen LogP contribution is 2.13. The summed E-state index contributed by atoms with van der Waals surface area (Å²) in [6.45, 7) is 1.22. The van der Waals surface area contributed by atoms with Crippen LogP contribution in [-0.2, 0) is 13.1 Å². The Balaban J connectivity index is 0.00000264. The summed E-state index contributed by atoms with van der Waals surface area (Å²) in [4.78, 5) is 8.36. The topological polar surface area (TPSA) is 58.5 Å². The summed E-state index contributed by atoms with van der Waals surface area (Å²) in [5.41, 5.74) is 2.06. The first kappa shape index (κ1) is 19.5. The third-order valence-corrected chi connectivity index (χ3v) is 3.30. The van der Waals surface area contributed by atoms with E-state index in [-0.39, 0.29) is 24.0 Å². The van der Waals surface area contributed by atoms with E-state index in [2.05, 4.69) is 20.6 Å². The van der Waals surface area contributed by atoms with Crippen LogP contribution in [0.2, 0.25) is 5.02 Å². The zero-order valence-corrected chi connectivity index (χ0v) is 16.1. The van der Waals surface area contributed by atoms with E-state index in [1.807, 2.05) is 36.4 Å². The summed E-state index contributed by atoms with van der Waals surface area (Å²) in [6.07, 6.45) is 1.70. The lowest BCUT2D eigenvalue weighted by Crippen LogP contribution is -2.36. The van der Waals surface area contributed by atoms with Gasteiger partial charge in [-0.2, -0.15) is 0 Å². The Hall–Kier alpha value is -1.54. The maximum Gasteiger partial charge on any atom is 0.218 e. The van der Waals surface area contributed by atoms with Gasteiger partial charge in [0.05, 0.1) is 7.11 Å². The molecule has 1 aromatic heterocycles. The van der Waals surface area contributed by atoms with Crippen LogP contribution in [0, 0.1) is 0 Å². The lowest BCUT2D eigenvalue weighted by molar-refractivity contribution is 0.392. The molecule has 0 saturated carbocycles. The number of rotatable bonds is 5. The number of methoxy groups -OCH3 is 1. The highest BCUT2D eigenvalue weighted by molar-refractivity contribution is 14.0. The predicted molar refractivity (Wildman–Crippen MR) is 105 cm³/mol. The van der Waals surface area contributed by atoms with E-state index < -0.39 is 0 Å².